The molecule has 0 spiro atoms. The summed E-state index contributed by atoms with van der Waals surface area (Å²) in [5.74, 6) is 2.21. The van der Waals surface area contributed by atoms with E-state index in [1.165, 1.54) is 57.4 Å². The molecule has 2 fully saturated rings. The highest BCUT2D eigenvalue weighted by molar-refractivity contribution is 5.81. The van der Waals surface area contributed by atoms with Crippen LogP contribution in [0.2, 0.25) is 0 Å². The number of esters is 1. The second kappa shape index (κ2) is 6.78. The number of hydrogen-bond donors (Lipinski definition) is 0. The Kier molecular flexibility index (Phi) is 5.29. The molecule has 0 aromatic rings. The van der Waals surface area contributed by atoms with Crippen LogP contribution in [0.25, 0.3) is 0 Å². The zero-order chi connectivity index (χ0) is 14.6. The van der Waals surface area contributed by atoms with Gasteiger partial charge in [-0.3, -0.25) is 0 Å². The summed E-state index contributed by atoms with van der Waals surface area (Å²) < 4.78 is 5.49. The molecule has 2 rings (SSSR count). The van der Waals surface area contributed by atoms with Gasteiger partial charge in [0.2, 0.25) is 0 Å². The van der Waals surface area contributed by atoms with E-state index in [9.17, 15) is 4.79 Å². The van der Waals surface area contributed by atoms with Gasteiger partial charge in [-0.15, -0.1) is 0 Å². The summed E-state index contributed by atoms with van der Waals surface area (Å²) >= 11 is 0. The van der Waals surface area contributed by atoms with Crippen molar-refractivity contribution < 1.29 is 9.53 Å². The second-order valence-electron chi connectivity index (χ2n) is 7.31. The van der Waals surface area contributed by atoms with E-state index in [2.05, 4.69) is 20.4 Å². The average molecular weight is 278 g/mol. The lowest BCUT2D eigenvalue weighted by atomic mass is 9.60. The van der Waals surface area contributed by atoms with E-state index in [-0.39, 0.29) is 11.4 Å². The summed E-state index contributed by atoms with van der Waals surface area (Å²) in [6.07, 6.45) is 11.7. The third kappa shape index (κ3) is 3.65. The van der Waals surface area contributed by atoms with Crippen LogP contribution in [0.3, 0.4) is 0 Å². The Labute approximate surface area is 124 Å². The zero-order valence-electron chi connectivity index (χ0n) is 13.2. The van der Waals surface area contributed by atoms with Gasteiger partial charge in [-0.2, -0.15) is 0 Å². The van der Waals surface area contributed by atoms with Crippen molar-refractivity contribution in [2.24, 2.45) is 23.2 Å². The minimum absolute atomic E-state index is 0.255. The molecule has 20 heavy (non-hydrogen) atoms. The molecule has 2 heteroatoms. The van der Waals surface area contributed by atoms with Crippen molar-refractivity contribution in [1.82, 2.24) is 0 Å². The van der Waals surface area contributed by atoms with Gasteiger partial charge >= 0.3 is 5.97 Å². The smallest absolute Gasteiger partial charge is 0.330 e. The summed E-state index contributed by atoms with van der Waals surface area (Å²) in [4.78, 5) is 11.5. The molecule has 0 radical (unpaired) electrons. The van der Waals surface area contributed by atoms with E-state index in [0.717, 1.165) is 17.8 Å². The Balaban J connectivity index is 2.03. The Hall–Kier alpha value is -0.790. The van der Waals surface area contributed by atoms with Gasteiger partial charge in [-0.25, -0.2) is 4.79 Å². The lowest BCUT2D eigenvalue weighted by Crippen LogP contribution is -2.41. The molecule has 0 heterocycles. The van der Waals surface area contributed by atoms with E-state index < -0.39 is 0 Å². The molecule has 2 aliphatic rings. The van der Waals surface area contributed by atoms with Crippen LogP contribution in [0.5, 0.6) is 0 Å². The first-order valence-corrected chi connectivity index (χ1v) is 8.35. The molecule has 2 saturated carbocycles. The van der Waals surface area contributed by atoms with Crippen molar-refractivity contribution in [3.63, 3.8) is 0 Å². The number of hydrogen-bond acceptors (Lipinski definition) is 2. The van der Waals surface area contributed by atoms with Crippen molar-refractivity contribution in [3.8, 4) is 0 Å². The highest BCUT2D eigenvalue weighted by Gasteiger charge is 2.42. The van der Waals surface area contributed by atoms with Crippen molar-refractivity contribution in [1.29, 1.82) is 0 Å². The normalized spacial score (nSPS) is 38.2. The summed E-state index contributed by atoms with van der Waals surface area (Å²) in [7, 11) is 0. The van der Waals surface area contributed by atoms with Crippen LogP contribution in [-0.4, -0.2) is 12.6 Å². The monoisotopic (exact) mass is 278 g/mol. The van der Waals surface area contributed by atoms with Crippen molar-refractivity contribution in [3.05, 3.63) is 12.7 Å². The quantitative estimate of drug-likeness (QED) is 0.548. The number of ether oxygens (including phenoxy) is 1. The first-order valence-electron chi connectivity index (χ1n) is 8.35. The van der Waals surface area contributed by atoms with Gasteiger partial charge in [0, 0.05) is 11.5 Å². The highest BCUT2D eigenvalue weighted by atomic mass is 16.5. The van der Waals surface area contributed by atoms with Crippen molar-refractivity contribution in [2.45, 2.75) is 65.2 Å². The highest BCUT2D eigenvalue weighted by Crippen LogP contribution is 2.50. The largest absolute Gasteiger partial charge is 0.462 e. The van der Waals surface area contributed by atoms with Crippen LogP contribution < -0.4 is 0 Å². The minimum Gasteiger partial charge on any atom is -0.462 e. The molecule has 0 aromatic carbocycles. The lowest BCUT2D eigenvalue weighted by molar-refractivity contribution is -0.145. The van der Waals surface area contributed by atoms with E-state index in [0.29, 0.717) is 6.61 Å². The fourth-order valence-electron chi connectivity index (χ4n) is 4.15. The van der Waals surface area contributed by atoms with Crippen LogP contribution >= 0.6 is 0 Å². The summed E-state index contributed by atoms with van der Waals surface area (Å²) in [6, 6.07) is 0. The number of rotatable bonds is 4. The molecule has 0 unspecified atom stereocenters. The fraction of sp³-hybridized carbons (Fsp3) is 0.833. The Morgan fingerprint density at radius 2 is 1.65 bits per heavy atom. The molecule has 114 valence electrons. The van der Waals surface area contributed by atoms with Crippen LogP contribution in [0.1, 0.15) is 65.2 Å². The third-order valence-corrected chi connectivity index (χ3v) is 5.82. The minimum atomic E-state index is -0.257. The molecule has 0 atom stereocenters. The maximum absolute atomic E-state index is 11.5. The standard InChI is InChI=1S/C18H30O2/c1-4-17(19)20-13-18(11-9-15(3)10-12-18)16-7-5-14(2)6-8-16/h4,14-16H,1,5-13H2,2-3H3. The van der Waals surface area contributed by atoms with E-state index in [1.54, 1.807) is 0 Å². The van der Waals surface area contributed by atoms with Gasteiger partial charge in [0.05, 0.1) is 6.61 Å². The number of carbonyl (C=O) groups excluding carboxylic acids is 1. The maximum atomic E-state index is 11.5. The topological polar surface area (TPSA) is 26.3 Å². The molecule has 0 N–H and O–H groups in total. The predicted molar refractivity (Wildman–Crippen MR) is 82.3 cm³/mol. The number of carbonyl (C=O) groups is 1. The summed E-state index contributed by atoms with van der Waals surface area (Å²) in [5, 5.41) is 0. The molecule has 0 bridgehead atoms. The van der Waals surface area contributed by atoms with Crippen LogP contribution in [0.4, 0.5) is 0 Å². The van der Waals surface area contributed by atoms with Gasteiger partial charge in [0.15, 0.2) is 0 Å². The third-order valence-electron chi connectivity index (χ3n) is 5.82. The predicted octanol–water partition coefficient (Wildman–Crippen LogP) is 4.74. The molecular weight excluding hydrogens is 248 g/mol. The molecule has 2 aliphatic carbocycles. The Bertz CT molecular complexity index is 331. The second-order valence-corrected chi connectivity index (χ2v) is 7.31. The first kappa shape index (κ1) is 15.6. The summed E-state index contributed by atoms with van der Waals surface area (Å²) in [6.45, 7) is 8.84. The first-order chi connectivity index (χ1) is 9.55. The zero-order valence-corrected chi connectivity index (χ0v) is 13.2. The molecular formula is C18H30O2. The Morgan fingerprint density at radius 1 is 1.10 bits per heavy atom. The molecule has 0 amide bonds. The lowest BCUT2D eigenvalue weighted by Gasteiger charge is -2.47. The maximum Gasteiger partial charge on any atom is 0.330 e. The van der Waals surface area contributed by atoms with Gasteiger partial charge in [0.1, 0.15) is 0 Å². The van der Waals surface area contributed by atoms with Gasteiger partial charge < -0.3 is 4.74 Å². The molecule has 2 nitrogen and oxygen atoms in total. The van der Waals surface area contributed by atoms with Crippen molar-refractivity contribution in [2.75, 3.05) is 6.61 Å². The SMILES string of the molecule is C=CC(=O)OCC1(C2CCC(C)CC2)CCC(C)CC1. The van der Waals surface area contributed by atoms with E-state index in [4.69, 9.17) is 4.74 Å². The fourth-order valence-corrected chi connectivity index (χ4v) is 4.15. The Morgan fingerprint density at radius 3 is 2.20 bits per heavy atom. The molecule has 0 aromatic heterocycles. The van der Waals surface area contributed by atoms with Crippen LogP contribution in [0.15, 0.2) is 12.7 Å². The van der Waals surface area contributed by atoms with Gasteiger partial charge in [-0.1, -0.05) is 46.1 Å². The van der Waals surface area contributed by atoms with Gasteiger partial charge in [0.25, 0.3) is 0 Å². The van der Waals surface area contributed by atoms with Crippen molar-refractivity contribution >= 4 is 5.97 Å². The van der Waals surface area contributed by atoms with Gasteiger partial charge in [-0.05, 0) is 43.4 Å². The van der Waals surface area contributed by atoms with Crippen LogP contribution in [-0.2, 0) is 9.53 Å². The summed E-state index contributed by atoms with van der Waals surface area (Å²) in [5.41, 5.74) is 0.255. The van der Waals surface area contributed by atoms with E-state index in [1.807, 2.05) is 0 Å². The van der Waals surface area contributed by atoms with E-state index >= 15 is 0 Å². The average Bonchev–Trinajstić information content (AvgIpc) is 2.47. The molecule has 0 saturated heterocycles. The molecule has 0 aliphatic heterocycles. The van der Waals surface area contributed by atoms with Crippen LogP contribution in [0, 0.1) is 23.2 Å².